The van der Waals surface area contributed by atoms with Gasteiger partial charge in [0.1, 0.15) is 22.9 Å². The summed E-state index contributed by atoms with van der Waals surface area (Å²) in [4.78, 5) is 0. The summed E-state index contributed by atoms with van der Waals surface area (Å²) in [6.45, 7) is 11.4. The fraction of sp³-hybridized carbons (Fsp3) is 0.250. The molecule has 0 saturated carbocycles. The SMILES string of the molecule is CCCC[NH2+]c1cccc(OB(Oc2ccccc2C)Oc2ccccc2C)c1C.Cc1[c-]cccc1. The van der Waals surface area contributed by atoms with Gasteiger partial charge in [-0.2, -0.15) is 35.9 Å². The maximum Gasteiger partial charge on any atom is 0.864 e. The highest BCUT2D eigenvalue weighted by Crippen LogP contribution is 2.26. The van der Waals surface area contributed by atoms with Gasteiger partial charge in [-0.15, -0.1) is 0 Å². The van der Waals surface area contributed by atoms with Crippen LogP contribution in [0.15, 0.2) is 91.0 Å². The average molecular weight is 495 g/mol. The van der Waals surface area contributed by atoms with Crippen molar-refractivity contribution in [1.82, 2.24) is 0 Å². The van der Waals surface area contributed by atoms with Crippen LogP contribution < -0.4 is 19.3 Å². The van der Waals surface area contributed by atoms with Crippen LogP contribution in [0.1, 0.15) is 42.0 Å². The van der Waals surface area contributed by atoms with Gasteiger partial charge >= 0.3 is 7.32 Å². The Morgan fingerprint density at radius 3 is 1.76 bits per heavy atom. The van der Waals surface area contributed by atoms with Crippen LogP contribution in [-0.2, 0) is 0 Å². The number of para-hydroxylation sites is 2. The summed E-state index contributed by atoms with van der Waals surface area (Å²) < 4.78 is 18.5. The van der Waals surface area contributed by atoms with Crippen LogP contribution in [0.5, 0.6) is 17.2 Å². The van der Waals surface area contributed by atoms with E-state index >= 15 is 0 Å². The van der Waals surface area contributed by atoms with Crippen molar-refractivity contribution in [1.29, 1.82) is 0 Å². The maximum absolute atomic E-state index is 6.25. The highest BCUT2D eigenvalue weighted by atomic mass is 16.7. The second kappa shape index (κ2) is 14.8. The van der Waals surface area contributed by atoms with Crippen LogP contribution >= 0.6 is 0 Å². The second-order valence-electron chi connectivity index (χ2n) is 9.04. The van der Waals surface area contributed by atoms with E-state index < -0.39 is 7.32 Å². The van der Waals surface area contributed by atoms with Crippen molar-refractivity contribution in [2.75, 3.05) is 6.54 Å². The van der Waals surface area contributed by atoms with Crippen molar-refractivity contribution in [3.63, 3.8) is 0 Å². The highest BCUT2D eigenvalue weighted by Gasteiger charge is 2.32. The molecule has 0 aliphatic heterocycles. The molecule has 0 radical (unpaired) electrons. The largest absolute Gasteiger partial charge is 0.864 e. The van der Waals surface area contributed by atoms with Crippen molar-refractivity contribution in [3.8, 4) is 17.2 Å². The van der Waals surface area contributed by atoms with E-state index in [0.29, 0.717) is 0 Å². The Labute approximate surface area is 222 Å². The van der Waals surface area contributed by atoms with Gasteiger partial charge in [-0.3, -0.25) is 0 Å². The third-order valence-corrected chi connectivity index (χ3v) is 5.97. The van der Waals surface area contributed by atoms with E-state index in [0.717, 1.165) is 40.5 Å². The Bertz CT molecular complexity index is 1180. The molecule has 0 atom stereocenters. The topological polar surface area (TPSA) is 44.3 Å². The zero-order valence-electron chi connectivity index (χ0n) is 22.7. The number of nitrogens with two attached hydrogens (primary N) is 1. The molecule has 0 amide bonds. The van der Waals surface area contributed by atoms with Crippen molar-refractivity contribution in [2.24, 2.45) is 0 Å². The van der Waals surface area contributed by atoms with Gasteiger partial charge in [-0.1, -0.05) is 62.7 Å². The molecular weight excluding hydrogens is 457 g/mol. The predicted molar refractivity (Wildman–Crippen MR) is 153 cm³/mol. The number of unbranched alkanes of at least 4 members (excludes halogenated alkanes) is 1. The number of hydrogen-bond acceptors (Lipinski definition) is 3. The Balaban J connectivity index is 0.000000468. The molecule has 0 bridgehead atoms. The molecule has 0 saturated heterocycles. The molecule has 0 aliphatic rings. The molecule has 0 unspecified atom stereocenters. The summed E-state index contributed by atoms with van der Waals surface area (Å²) in [5.41, 5.74) is 5.52. The zero-order valence-corrected chi connectivity index (χ0v) is 22.7. The molecule has 0 heterocycles. The first kappa shape index (κ1) is 27.9. The van der Waals surface area contributed by atoms with Gasteiger partial charge in [0.2, 0.25) is 0 Å². The molecule has 4 aromatic carbocycles. The molecule has 4 nitrogen and oxygen atoms in total. The zero-order chi connectivity index (χ0) is 26.5. The van der Waals surface area contributed by atoms with Crippen molar-refractivity contribution in [3.05, 3.63) is 119 Å². The molecule has 4 aromatic rings. The van der Waals surface area contributed by atoms with E-state index in [2.05, 4.69) is 31.3 Å². The molecule has 0 spiro atoms. The summed E-state index contributed by atoms with van der Waals surface area (Å²) in [6, 6.07) is 32.8. The summed E-state index contributed by atoms with van der Waals surface area (Å²) in [7, 11) is -0.906. The molecule has 5 heteroatoms. The van der Waals surface area contributed by atoms with Gasteiger partial charge in [0.15, 0.2) is 0 Å². The fourth-order valence-electron chi connectivity index (χ4n) is 3.69. The van der Waals surface area contributed by atoms with Gasteiger partial charge in [-0.05, 0) is 62.6 Å². The van der Waals surface area contributed by atoms with Crippen LogP contribution in [0.25, 0.3) is 0 Å². The highest BCUT2D eigenvalue weighted by molar-refractivity contribution is 6.39. The van der Waals surface area contributed by atoms with Crippen LogP contribution in [-0.4, -0.2) is 13.9 Å². The Kier molecular flexibility index (Phi) is 11.1. The van der Waals surface area contributed by atoms with E-state index in [-0.39, 0.29) is 0 Å². The van der Waals surface area contributed by atoms with Crippen LogP contribution in [0, 0.1) is 33.8 Å². The first-order chi connectivity index (χ1) is 18.0. The number of hydrogen-bond donors (Lipinski definition) is 1. The third-order valence-electron chi connectivity index (χ3n) is 5.97. The molecule has 2 N–H and O–H groups in total. The standard InChI is InChI=1S/C25H30BNO3.C7H7/c1-5-6-18-27-22-14-11-17-25(21(22)4)30-26(28-23-15-9-7-12-19(23)2)29-24-16-10-8-13-20(24)3;1-7-5-3-2-4-6-7/h7-17,27H,5-6,18H2,1-4H3;2-5H,1H3/q;-1/p+1. The van der Waals surface area contributed by atoms with Gasteiger partial charge in [0, 0.05) is 0 Å². The normalized spacial score (nSPS) is 10.2. The summed E-state index contributed by atoms with van der Waals surface area (Å²) in [6.07, 6.45) is 2.36. The Morgan fingerprint density at radius 2 is 1.24 bits per heavy atom. The van der Waals surface area contributed by atoms with E-state index in [4.69, 9.17) is 14.0 Å². The van der Waals surface area contributed by atoms with E-state index in [9.17, 15) is 0 Å². The summed E-state index contributed by atoms with van der Waals surface area (Å²) >= 11 is 0. The number of quaternary nitrogens is 1. The average Bonchev–Trinajstić information content (AvgIpc) is 2.90. The summed E-state index contributed by atoms with van der Waals surface area (Å²) in [5, 5.41) is 2.27. The first-order valence-electron chi connectivity index (χ1n) is 12.9. The molecule has 0 fully saturated rings. The lowest BCUT2D eigenvalue weighted by Gasteiger charge is -2.19. The fourth-order valence-corrected chi connectivity index (χ4v) is 3.69. The molecule has 0 aromatic heterocycles. The van der Waals surface area contributed by atoms with Crippen molar-refractivity contribution >= 4 is 13.0 Å². The van der Waals surface area contributed by atoms with Crippen LogP contribution in [0.2, 0.25) is 0 Å². The molecule has 192 valence electrons. The Morgan fingerprint density at radius 1 is 0.676 bits per heavy atom. The van der Waals surface area contributed by atoms with Crippen molar-refractivity contribution < 1.29 is 19.3 Å². The Hall–Kier alpha value is -3.70. The number of benzene rings is 4. The smallest absolute Gasteiger partial charge is 0.489 e. The molecule has 37 heavy (non-hydrogen) atoms. The lowest BCUT2D eigenvalue weighted by atomic mass is 10.1. The van der Waals surface area contributed by atoms with Crippen LogP contribution in [0.4, 0.5) is 5.69 Å². The minimum atomic E-state index is -0.906. The maximum atomic E-state index is 6.25. The molecule has 4 rings (SSSR count). The third kappa shape index (κ3) is 9.03. The van der Waals surface area contributed by atoms with Gasteiger partial charge in [-0.25, -0.2) is 0 Å². The van der Waals surface area contributed by atoms with E-state index in [1.165, 1.54) is 24.1 Å². The lowest BCUT2D eigenvalue weighted by Crippen LogP contribution is -2.78. The van der Waals surface area contributed by atoms with E-state index in [1.54, 1.807) is 0 Å². The minimum Gasteiger partial charge on any atom is -0.489 e. The monoisotopic (exact) mass is 495 g/mol. The first-order valence-corrected chi connectivity index (χ1v) is 12.9. The minimum absolute atomic E-state index is 0.736. The quantitative estimate of drug-likeness (QED) is 0.112. The predicted octanol–water partition coefficient (Wildman–Crippen LogP) is 6.92. The molecule has 0 aliphatic carbocycles. The lowest BCUT2D eigenvalue weighted by molar-refractivity contribution is -0.572. The second-order valence-corrected chi connectivity index (χ2v) is 9.04. The number of rotatable bonds is 10. The van der Waals surface area contributed by atoms with Gasteiger partial charge in [0.05, 0.1) is 12.1 Å². The summed E-state index contributed by atoms with van der Waals surface area (Å²) in [5.74, 6) is 2.23. The number of aryl methyl sites for hydroxylation is 3. The van der Waals surface area contributed by atoms with Gasteiger partial charge < -0.3 is 19.3 Å². The van der Waals surface area contributed by atoms with Crippen molar-refractivity contribution in [2.45, 2.75) is 47.5 Å². The van der Waals surface area contributed by atoms with Crippen LogP contribution in [0.3, 0.4) is 0 Å². The molecular formula is C32H38BNO3. The van der Waals surface area contributed by atoms with E-state index in [1.807, 2.05) is 106 Å². The van der Waals surface area contributed by atoms with Gasteiger partial charge in [0.25, 0.3) is 0 Å².